The highest BCUT2D eigenvalue weighted by Gasteiger charge is 2.22. The van der Waals surface area contributed by atoms with Gasteiger partial charge >= 0.3 is 0 Å². The van der Waals surface area contributed by atoms with Crippen LogP contribution in [0.1, 0.15) is 26.7 Å². The summed E-state index contributed by atoms with van der Waals surface area (Å²) < 4.78 is 0.198. The molecule has 0 aromatic heterocycles. The maximum absolute atomic E-state index is 11.9. The van der Waals surface area contributed by atoms with Crippen molar-refractivity contribution in [2.24, 2.45) is 0 Å². The number of rotatable bonds is 5. The number of hydrogen-bond donors (Lipinski definition) is 1. The van der Waals surface area contributed by atoms with Crippen LogP contribution in [0.2, 0.25) is 0 Å². The predicted octanol–water partition coefficient (Wildman–Crippen LogP) is 2.41. The van der Waals surface area contributed by atoms with Gasteiger partial charge in [-0.2, -0.15) is 0 Å². The van der Waals surface area contributed by atoms with Crippen LogP contribution in [0.15, 0.2) is 0 Å². The quantitative estimate of drug-likeness (QED) is 0.790. The fourth-order valence-electron chi connectivity index (χ4n) is 1.75. The molecule has 0 unspecified atom stereocenters. The van der Waals surface area contributed by atoms with Gasteiger partial charge in [0, 0.05) is 37.3 Å². The number of halogens is 1. The molecule has 0 bridgehead atoms. The van der Waals surface area contributed by atoms with Crippen LogP contribution < -0.4 is 5.32 Å². The predicted molar refractivity (Wildman–Crippen MR) is 81.1 cm³/mol. The zero-order chi connectivity index (χ0) is 12.0. The van der Waals surface area contributed by atoms with Gasteiger partial charge in [0.05, 0.1) is 0 Å². The van der Waals surface area contributed by atoms with Crippen LogP contribution in [-0.4, -0.2) is 48.0 Å². The summed E-state index contributed by atoms with van der Waals surface area (Å²) >= 11 is 0. The molecule has 102 valence electrons. The molecule has 3 nitrogen and oxygen atoms in total. The van der Waals surface area contributed by atoms with Gasteiger partial charge in [0.2, 0.25) is 5.91 Å². The van der Waals surface area contributed by atoms with Gasteiger partial charge in [0.15, 0.2) is 0 Å². The third-order valence-electron chi connectivity index (χ3n) is 2.72. The van der Waals surface area contributed by atoms with E-state index >= 15 is 0 Å². The smallest absolute Gasteiger partial charge is 0.222 e. The molecule has 0 aromatic rings. The molecule has 1 aliphatic rings. The molecule has 1 heterocycles. The number of nitrogens with zero attached hydrogens (tertiary/aromatic N) is 1. The van der Waals surface area contributed by atoms with Crippen molar-refractivity contribution in [1.29, 1.82) is 0 Å². The summed E-state index contributed by atoms with van der Waals surface area (Å²) in [7, 11) is 3.63. The second-order valence-electron chi connectivity index (χ2n) is 4.64. The zero-order valence-corrected chi connectivity index (χ0v) is 13.3. The van der Waals surface area contributed by atoms with E-state index in [1.54, 1.807) is 10.8 Å². The Bertz CT molecular complexity index is 234. The average molecular weight is 299 g/mol. The highest BCUT2D eigenvalue weighted by Crippen LogP contribution is 2.37. The molecule has 17 heavy (non-hydrogen) atoms. The van der Waals surface area contributed by atoms with E-state index < -0.39 is 0 Å². The lowest BCUT2D eigenvalue weighted by Crippen LogP contribution is -2.46. The first-order valence-corrected chi connectivity index (χ1v) is 8.31. The Kier molecular flexibility index (Phi) is 8.72. The molecule has 1 aliphatic heterocycles. The van der Waals surface area contributed by atoms with E-state index in [2.05, 4.69) is 25.4 Å². The minimum absolute atomic E-state index is 0. The van der Waals surface area contributed by atoms with Gasteiger partial charge in [-0.05, 0) is 26.5 Å². The third kappa shape index (κ3) is 6.79. The highest BCUT2D eigenvalue weighted by molar-refractivity contribution is 8.76. The summed E-state index contributed by atoms with van der Waals surface area (Å²) in [4.78, 5) is 13.9. The van der Waals surface area contributed by atoms with Crippen molar-refractivity contribution < 1.29 is 4.79 Å². The summed E-state index contributed by atoms with van der Waals surface area (Å²) in [5.41, 5.74) is 0. The standard InChI is InChI=1S/C11H22N2OS2.ClH/c1-11(2,16-15-3)5-4-10(14)13-8-6-12-7-9-13;/h12H,4-9H2,1-3H3;1H. The summed E-state index contributed by atoms with van der Waals surface area (Å²) in [6.45, 7) is 8.03. The van der Waals surface area contributed by atoms with Gasteiger partial charge in [-0.3, -0.25) is 4.79 Å². The fourth-order valence-corrected chi connectivity index (χ4v) is 3.99. The van der Waals surface area contributed by atoms with Gasteiger partial charge in [-0.15, -0.1) is 12.4 Å². The lowest BCUT2D eigenvalue weighted by molar-refractivity contribution is -0.131. The second-order valence-corrected chi connectivity index (χ2v) is 7.75. The van der Waals surface area contributed by atoms with Gasteiger partial charge in [-0.25, -0.2) is 0 Å². The van der Waals surface area contributed by atoms with Crippen LogP contribution in [0, 0.1) is 0 Å². The van der Waals surface area contributed by atoms with Gasteiger partial charge in [0.25, 0.3) is 0 Å². The van der Waals surface area contributed by atoms with Crippen molar-refractivity contribution >= 4 is 39.9 Å². The van der Waals surface area contributed by atoms with Crippen molar-refractivity contribution in [2.75, 3.05) is 32.4 Å². The van der Waals surface area contributed by atoms with E-state index in [0.717, 1.165) is 32.6 Å². The molecule has 6 heteroatoms. The molecule has 1 N–H and O–H groups in total. The normalized spacial score (nSPS) is 16.5. The van der Waals surface area contributed by atoms with Gasteiger partial charge < -0.3 is 10.2 Å². The Hall–Kier alpha value is 0.420. The number of nitrogens with one attached hydrogen (secondary N) is 1. The van der Waals surface area contributed by atoms with Gasteiger partial charge in [-0.1, -0.05) is 21.6 Å². The first-order chi connectivity index (χ1) is 7.55. The largest absolute Gasteiger partial charge is 0.340 e. The van der Waals surface area contributed by atoms with Crippen LogP contribution in [0.3, 0.4) is 0 Å². The lowest BCUT2D eigenvalue weighted by Gasteiger charge is -2.29. The maximum atomic E-state index is 11.9. The molecule has 0 atom stereocenters. The van der Waals surface area contributed by atoms with Crippen molar-refractivity contribution in [3.8, 4) is 0 Å². The van der Waals surface area contributed by atoms with Crippen LogP contribution in [-0.2, 0) is 4.79 Å². The van der Waals surface area contributed by atoms with Crippen LogP contribution >= 0.6 is 34.0 Å². The summed E-state index contributed by atoms with van der Waals surface area (Å²) in [6, 6.07) is 0. The van der Waals surface area contributed by atoms with E-state index in [1.165, 1.54) is 0 Å². The Morgan fingerprint density at radius 2 is 1.94 bits per heavy atom. The lowest BCUT2D eigenvalue weighted by atomic mass is 10.1. The molecule has 1 saturated heterocycles. The average Bonchev–Trinajstić information content (AvgIpc) is 2.27. The second kappa shape index (κ2) is 8.51. The van der Waals surface area contributed by atoms with Crippen LogP contribution in [0.4, 0.5) is 0 Å². The van der Waals surface area contributed by atoms with Crippen molar-refractivity contribution in [2.45, 2.75) is 31.4 Å². The SMILES string of the molecule is CSSC(C)(C)CCC(=O)N1CCNCC1.Cl. The Morgan fingerprint density at radius 1 is 1.35 bits per heavy atom. The first-order valence-electron chi connectivity index (χ1n) is 5.75. The molecule has 0 aromatic carbocycles. The Balaban J connectivity index is 0.00000256. The number of carbonyl (C=O) groups excluding carboxylic acids is 1. The van der Waals surface area contributed by atoms with Crippen LogP contribution in [0.5, 0.6) is 0 Å². The van der Waals surface area contributed by atoms with E-state index in [1.807, 2.05) is 15.7 Å². The minimum atomic E-state index is 0. The highest BCUT2D eigenvalue weighted by atomic mass is 35.5. The number of hydrogen-bond acceptors (Lipinski definition) is 4. The summed E-state index contributed by atoms with van der Waals surface area (Å²) in [5.74, 6) is 0.316. The Morgan fingerprint density at radius 3 is 2.47 bits per heavy atom. The van der Waals surface area contributed by atoms with E-state index in [9.17, 15) is 4.79 Å². The third-order valence-corrected chi connectivity index (χ3v) is 5.40. The Labute approximate surface area is 119 Å². The molecule has 0 radical (unpaired) electrons. The number of carbonyl (C=O) groups is 1. The van der Waals surface area contributed by atoms with Crippen LogP contribution in [0.25, 0.3) is 0 Å². The molecular weight excluding hydrogens is 276 g/mol. The summed E-state index contributed by atoms with van der Waals surface area (Å²) in [5, 5.41) is 3.26. The molecule has 0 saturated carbocycles. The number of piperazine rings is 1. The van der Waals surface area contributed by atoms with E-state index in [4.69, 9.17) is 0 Å². The first kappa shape index (κ1) is 17.4. The topological polar surface area (TPSA) is 32.3 Å². The monoisotopic (exact) mass is 298 g/mol. The molecule has 0 aliphatic carbocycles. The van der Waals surface area contributed by atoms with Crippen molar-refractivity contribution in [3.63, 3.8) is 0 Å². The molecule has 1 rings (SSSR count). The molecule has 1 amide bonds. The zero-order valence-electron chi connectivity index (χ0n) is 10.8. The molecular formula is C11H23ClN2OS2. The molecule has 0 spiro atoms. The van der Waals surface area contributed by atoms with Gasteiger partial charge in [0.1, 0.15) is 0 Å². The fraction of sp³-hybridized carbons (Fsp3) is 0.909. The number of amides is 1. The van der Waals surface area contributed by atoms with E-state index in [-0.39, 0.29) is 17.2 Å². The van der Waals surface area contributed by atoms with Crippen molar-refractivity contribution in [3.05, 3.63) is 0 Å². The summed E-state index contributed by atoms with van der Waals surface area (Å²) in [6.07, 6.45) is 3.73. The van der Waals surface area contributed by atoms with Crippen molar-refractivity contribution in [1.82, 2.24) is 10.2 Å². The molecule has 1 fully saturated rings. The maximum Gasteiger partial charge on any atom is 0.222 e. The van der Waals surface area contributed by atoms with E-state index in [0.29, 0.717) is 12.3 Å². The minimum Gasteiger partial charge on any atom is -0.340 e.